The quantitative estimate of drug-likeness (QED) is 0.744. The third kappa shape index (κ3) is 2.94. The summed E-state index contributed by atoms with van der Waals surface area (Å²) in [4.78, 5) is 0. The van der Waals surface area contributed by atoms with Gasteiger partial charge >= 0.3 is 0 Å². The van der Waals surface area contributed by atoms with Gasteiger partial charge in [0.2, 0.25) is 0 Å². The number of hydrogen-bond donors (Lipinski definition) is 1. The Morgan fingerprint density at radius 2 is 2.36 bits per heavy atom. The van der Waals surface area contributed by atoms with Crippen LogP contribution < -0.4 is 5.73 Å². The Kier molecular flexibility index (Phi) is 3.29. The van der Waals surface area contributed by atoms with Crippen LogP contribution in [0, 0.1) is 6.92 Å². The maximum atomic E-state index is 5.38. The molecule has 74 valence electrons. The van der Waals surface area contributed by atoms with Crippen molar-refractivity contribution in [3.8, 4) is 0 Å². The highest BCUT2D eigenvalue weighted by atomic mass is 16.5. The smallest absolute Gasteiger partial charge is 0.162 e. The molecule has 0 bridgehead atoms. The molecule has 0 aliphatic heterocycles. The molecule has 0 aliphatic rings. The first-order valence-electron chi connectivity index (χ1n) is 4.32. The highest BCUT2D eigenvalue weighted by Crippen LogP contribution is 2.14. The molecule has 0 radical (unpaired) electrons. The van der Waals surface area contributed by atoms with Crippen molar-refractivity contribution >= 4 is 5.57 Å². The largest absolute Gasteiger partial charge is 0.399 e. The minimum atomic E-state index is 0.530. The second kappa shape index (κ2) is 4.46. The number of hydrogen-bond acceptors (Lipinski definition) is 3. The van der Waals surface area contributed by atoms with Gasteiger partial charge < -0.3 is 10.3 Å². The van der Waals surface area contributed by atoms with Crippen LogP contribution >= 0.6 is 0 Å². The number of rotatable bonds is 3. The molecule has 0 fully saturated rings. The highest BCUT2D eigenvalue weighted by molar-refractivity contribution is 5.61. The lowest BCUT2D eigenvalue weighted by Crippen LogP contribution is -1.87. The van der Waals surface area contributed by atoms with E-state index in [0.29, 0.717) is 5.70 Å². The summed E-state index contributed by atoms with van der Waals surface area (Å²) >= 11 is 0. The lowest BCUT2D eigenvalue weighted by atomic mass is 10.2. The van der Waals surface area contributed by atoms with Gasteiger partial charge in [0.1, 0.15) is 0 Å². The Morgan fingerprint density at radius 3 is 2.86 bits per heavy atom. The molecule has 0 aliphatic carbocycles. The molecule has 2 N–H and O–H groups in total. The van der Waals surface area contributed by atoms with Crippen molar-refractivity contribution in [3.05, 3.63) is 48.0 Å². The maximum absolute atomic E-state index is 5.38. The standard InChI is InChI=1S/C11H14N2O/c1-8(5-4-6-9(2)12)11-7-10(3)13-14-11/h4-7H,2,12H2,1,3H3/b6-4-,8-5+. The Balaban J connectivity index is 2.75. The molecule has 1 aromatic rings. The molecule has 0 aromatic carbocycles. The maximum Gasteiger partial charge on any atom is 0.162 e. The fraction of sp³-hybridized carbons (Fsp3) is 0.182. The molecule has 0 unspecified atom stereocenters. The topological polar surface area (TPSA) is 52.0 Å². The fourth-order valence-corrected chi connectivity index (χ4v) is 0.948. The normalized spacial score (nSPS) is 12.3. The average molecular weight is 190 g/mol. The van der Waals surface area contributed by atoms with Crippen LogP contribution in [0.5, 0.6) is 0 Å². The predicted octanol–water partition coefficient (Wildman–Crippen LogP) is 2.41. The number of aromatic nitrogens is 1. The summed E-state index contributed by atoms with van der Waals surface area (Å²) in [5, 5.41) is 3.80. The van der Waals surface area contributed by atoms with Gasteiger partial charge in [-0.1, -0.05) is 23.9 Å². The average Bonchev–Trinajstić information content (AvgIpc) is 2.51. The third-order valence-electron chi connectivity index (χ3n) is 1.67. The summed E-state index contributed by atoms with van der Waals surface area (Å²) in [7, 11) is 0. The summed E-state index contributed by atoms with van der Waals surface area (Å²) in [5.74, 6) is 0.773. The van der Waals surface area contributed by atoms with Gasteiger partial charge in [-0.3, -0.25) is 0 Å². The van der Waals surface area contributed by atoms with Crippen LogP contribution in [0.3, 0.4) is 0 Å². The SMILES string of the molecule is C=C(N)/C=C\C=C(/C)c1cc(C)no1. The number of aryl methyl sites for hydroxylation is 1. The van der Waals surface area contributed by atoms with Gasteiger partial charge in [-0.2, -0.15) is 0 Å². The first-order valence-corrected chi connectivity index (χ1v) is 4.32. The Hall–Kier alpha value is -1.77. The molecule has 1 rings (SSSR count). The van der Waals surface area contributed by atoms with Gasteiger partial charge in [-0.15, -0.1) is 0 Å². The summed E-state index contributed by atoms with van der Waals surface area (Å²) in [5.41, 5.74) is 7.78. The Morgan fingerprint density at radius 1 is 1.64 bits per heavy atom. The van der Waals surface area contributed by atoms with E-state index < -0.39 is 0 Å². The number of allylic oxidation sites excluding steroid dienone is 4. The molecule has 0 amide bonds. The van der Waals surface area contributed by atoms with Crippen LogP contribution in [0.1, 0.15) is 18.4 Å². The van der Waals surface area contributed by atoms with E-state index in [-0.39, 0.29) is 0 Å². The Bertz CT molecular complexity index is 386. The van der Waals surface area contributed by atoms with Gasteiger partial charge in [-0.05, 0) is 25.5 Å². The van der Waals surface area contributed by atoms with Crippen molar-refractivity contribution in [1.29, 1.82) is 0 Å². The minimum Gasteiger partial charge on any atom is -0.399 e. The molecule has 0 saturated heterocycles. The highest BCUT2D eigenvalue weighted by Gasteiger charge is 2.00. The van der Waals surface area contributed by atoms with Crippen molar-refractivity contribution in [1.82, 2.24) is 5.16 Å². The molecule has 3 nitrogen and oxygen atoms in total. The van der Waals surface area contributed by atoms with Crippen LogP contribution in [0.15, 0.2) is 41.1 Å². The summed E-state index contributed by atoms with van der Waals surface area (Å²) < 4.78 is 5.08. The third-order valence-corrected chi connectivity index (χ3v) is 1.67. The van der Waals surface area contributed by atoms with Gasteiger partial charge in [0, 0.05) is 11.8 Å². The lowest BCUT2D eigenvalue weighted by molar-refractivity contribution is 0.405. The summed E-state index contributed by atoms with van der Waals surface area (Å²) in [6.07, 6.45) is 5.46. The van der Waals surface area contributed by atoms with Crippen molar-refractivity contribution in [2.45, 2.75) is 13.8 Å². The second-order valence-electron chi connectivity index (χ2n) is 3.12. The van der Waals surface area contributed by atoms with E-state index >= 15 is 0 Å². The van der Waals surface area contributed by atoms with Crippen LogP contribution in [-0.4, -0.2) is 5.16 Å². The molecule has 0 atom stereocenters. The van der Waals surface area contributed by atoms with E-state index in [2.05, 4.69) is 11.7 Å². The van der Waals surface area contributed by atoms with Crippen LogP contribution in [0.25, 0.3) is 5.57 Å². The molecule has 3 heteroatoms. The lowest BCUT2D eigenvalue weighted by Gasteiger charge is -1.90. The molecular formula is C11H14N2O. The number of nitrogens with two attached hydrogens (primary N) is 1. The summed E-state index contributed by atoms with van der Waals surface area (Å²) in [6, 6.07) is 1.89. The van der Waals surface area contributed by atoms with E-state index in [1.807, 2.05) is 32.1 Å². The van der Waals surface area contributed by atoms with Crippen molar-refractivity contribution < 1.29 is 4.52 Å². The van der Waals surface area contributed by atoms with Crippen LogP contribution in [0.2, 0.25) is 0 Å². The molecule has 1 heterocycles. The fourth-order valence-electron chi connectivity index (χ4n) is 0.948. The van der Waals surface area contributed by atoms with E-state index in [1.165, 1.54) is 0 Å². The van der Waals surface area contributed by atoms with Gasteiger partial charge in [0.05, 0.1) is 5.69 Å². The van der Waals surface area contributed by atoms with Gasteiger partial charge in [0.15, 0.2) is 5.76 Å². The first kappa shape index (κ1) is 10.3. The van der Waals surface area contributed by atoms with Crippen LogP contribution in [-0.2, 0) is 0 Å². The molecule has 14 heavy (non-hydrogen) atoms. The number of nitrogens with zero attached hydrogens (tertiary/aromatic N) is 1. The molecular weight excluding hydrogens is 176 g/mol. The monoisotopic (exact) mass is 190 g/mol. The Labute approximate surface area is 83.6 Å². The second-order valence-corrected chi connectivity index (χ2v) is 3.12. The first-order chi connectivity index (χ1) is 6.59. The zero-order valence-corrected chi connectivity index (χ0v) is 8.45. The van der Waals surface area contributed by atoms with Crippen LogP contribution in [0.4, 0.5) is 0 Å². The molecule has 0 saturated carbocycles. The zero-order chi connectivity index (χ0) is 10.6. The van der Waals surface area contributed by atoms with Crippen molar-refractivity contribution in [2.75, 3.05) is 0 Å². The minimum absolute atomic E-state index is 0.530. The van der Waals surface area contributed by atoms with Crippen molar-refractivity contribution in [3.63, 3.8) is 0 Å². The predicted molar refractivity (Wildman–Crippen MR) is 57.4 cm³/mol. The van der Waals surface area contributed by atoms with Gasteiger partial charge in [-0.25, -0.2) is 0 Å². The van der Waals surface area contributed by atoms with E-state index in [1.54, 1.807) is 6.08 Å². The van der Waals surface area contributed by atoms with Gasteiger partial charge in [0.25, 0.3) is 0 Å². The van der Waals surface area contributed by atoms with E-state index in [9.17, 15) is 0 Å². The van der Waals surface area contributed by atoms with E-state index in [4.69, 9.17) is 10.3 Å². The van der Waals surface area contributed by atoms with Crippen molar-refractivity contribution in [2.24, 2.45) is 5.73 Å². The molecule has 1 aromatic heterocycles. The molecule has 0 spiro atoms. The zero-order valence-electron chi connectivity index (χ0n) is 8.45. The summed E-state index contributed by atoms with van der Waals surface area (Å²) in [6.45, 7) is 7.39. The van der Waals surface area contributed by atoms with E-state index in [0.717, 1.165) is 17.0 Å².